The quantitative estimate of drug-likeness (QED) is 0.710. The van der Waals surface area contributed by atoms with E-state index < -0.39 is 11.7 Å². The molecule has 0 fully saturated rings. The third-order valence-corrected chi connectivity index (χ3v) is 2.61. The summed E-state index contributed by atoms with van der Waals surface area (Å²) in [6, 6.07) is 4.16. The van der Waals surface area contributed by atoms with Gasteiger partial charge in [0.2, 0.25) is 0 Å². The largest absolute Gasteiger partial charge is 0.497 e. The van der Waals surface area contributed by atoms with Crippen molar-refractivity contribution < 1.29 is 18.7 Å². The van der Waals surface area contributed by atoms with Crippen LogP contribution in [0.15, 0.2) is 30.9 Å². The number of hydrogen-bond acceptors (Lipinski definition) is 3. The predicted octanol–water partition coefficient (Wildman–Crippen LogP) is 2.11. The summed E-state index contributed by atoms with van der Waals surface area (Å²) in [5.74, 6) is -0.617. The summed E-state index contributed by atoms with van der Waals surface area (Å²) in [7, 11) is 2.99. The van der Waals surface area contributed by atoms with E-state index in [0.29, 0.717) is 25.4 Å². The zero-order valence-corrected chi connectivity index (χ0v) is 11.2. The number of carbonyl (C=O) groups excluding carboxylic acids is 1. The number of methoxy groups -OCH3 is 2. The van der Waals surface area contributed by atoms with Gasteiger partial charge in [-0.05, 0) is 12.1 Å². The van der Waals surface area contributed by atoms with Crippen LogP contribution in [0.2, 0.25) is 0 Å². The molecule has 4 nitrogen and oxygen atoms in total. The maximum atomic E-state index is 13.8. The summed E-state index contributed by atoms with van der Waals surface area (Å²) in [5.41, 5.74) is 0.0127. The van der Waals surface area contributed by atoms with Gasteiger partial charge < -0.3 is 14.4 Å². The molecule has 104 valence electrons. The lowest BCUT2D eigenvalue weighted by Gasteiger charge is -2.21. The average molecular weight is 267 g/mol. The molecule has 0 bridgehead atoms. The average Bonchev–Trinajstić information content (AvgIpc) is 2.42. The summed E-state index contributed by atoms with van der Waals surface area (Å²) >= 11 is 0. The topological polar surface area (TPSA) is 38.8 Å². The first-order valence-electron chi connectivity index (χ1n) is 5.86. The number of nitrogens with zero attached hydrogens (tertiary/aromatic N) is 1. The van der Waals surface area contributed by atoms with Crippen LogP contribution in [0.3, 0.4) is 0 Å². The Morgan fingerprint density at radius 3 is 2.74 bits per heavy atom. The van der Waals surface area contributed by atoms with E-state index in [1.165, 1.54) is 24.1 Å². The van der Waals surface area contributed by atoms with Crippen LogP contribution in [0.5, 0.6) is 5.75 Å². The molecule has 1 aromatic carbocycles. The van der Waals surface area contributed by atoms with Crippen molar-refractivity contribution in [2.75, 3.05) is 33.9 Å². The number of rotatable bonds is 7. The molecule has 0 aliphatic rings. The molecule has 0 saturated carbocycles. The summed E-state index contributed by atoms with van der Waals surface area (Å²) < 4.78 is 23.7. The summed E-state index contributed by atoms with van der Waals surface area (Å²) in [6.45, 7) is 4.69. The van der Waals surface area contributed by atoms with Gasteiger partial charge >= 0.3 is 0 Å². The number of amides is 1. The SMILES string of the molecule is C=CCN(CCOC)C(=O)c1ccc(OC)cc1F. The molecule has 1 aromatic rings. The van der Waals surface area contributed by atoms with Gasteiger partial charge in [-0.1, -0.05) is 6.08 Å². The first-order chi connectivity index (χ1) is 9.13. The molecular formula is C14H18FNO3. The lowest BCUT2D eigenvalue weighted by molar-refractivity contribution is 0.0713. The van der Waals surface area contributed by atoms with E-state index in [1.807, 2.05) is 0 Å². The Morgan fingerprint density at radius 2 is 2.21 bits per heavy atom. The Bertz CT molecular complexity index is 448. The van der Waals surface area contributed by atoms with Gasteiger partial charge in [0.1, 0.15) is 11.6 Å². The summed E-state index contributed by atoms with van der Waals surface area (Å²) in [5, 5.41) is 0. The number of hydrogen-bond donors (Lipinski definition) is 0. The van der Waals surface area contributed by atoms with E-state index >= 15 is 0 Å². The van der Waals surface area contributed by atoms with Crippen LogP contribution in [0, 0.1) is 5.82 Å². The van der Waals surface area contributed by atoms with E-state index in [4.69, 9.17) is 9.47 Å². The van der Waals surface area contributed by atoms with E-state index in [0.717, 1.165) is 0 Å². The van der Waals surface area contributed by atoms with Gasteiger partial charge in [0, 0.05) is 26.3 Å². The molecule has 0 heterocycles. The minimum absolute atomic E-state index is 0.0127. The second kappa shape index (κ2) is 7.53. The Labute approximate surface area is 112 Å². The molecule has 0 N–H and O–H groups in total. The monoisotopic (exact) mass is 267 g/mol. The van der Waals surface area contributed by atoms with Crippen LogP contribution in [0.4, 0.5) is 4.39 Å². The Balaban J connectivity index is 2.92. The molecule has 0 saturated heterocycles. The second-order valence-corrected chi connectivity index (χ2v) is 3.88. The highest BCUT2D eigenvalue weighted by Crippen LogP contribution is 2.17. The van der Waals surface area contributed by atoms with E-state index in [1.54, 1.807) is 19.3 Å². The fourth-order valence-corrected chi connectivity index (χ4v) is 1.60. The zero-order chi connectivity index (χ0) is 14.3. The van der Waals surface area contributed by atoms with Crippen LogP contribution in [-0.2, 0) is 4.74 Å². The van der Waals surface area contributed by atoms with Crippen LogP contribution in [0.1, 0.15) is 10.4 Å². The van der Waals surface area contributed by atoms with Crippen LogP contribution in [-0.4, -0.2) is 44.7 Å². The van der Waals surface area contributed by atoms with Crippen molar-refractivity contribution in [3.63, 3.8) is 0 Å². The molecule has 0 unspecified atom stereocenters. The molecule has 5 heteroatoms. The lowest BCUT2D eigenvalue weighted by Crippen LogP contribution is -2.34. The highest BCUT2D eigenvalue weighted by atomic mass is 19.1. The molecule has 19 heavy (non-hydrogen) atoms. The van der Waals surface area contributed by atoms with Gasteiger partial charge in [0.25, 0.3) is 5.91 Å². The maximum absolute atomic E-state index is 13.8. The summed E-state index contributed by atoms with van der Waals surface area (Å²) in [4.78, 5) is 13.7. The van der Waals surface area contributed by atoms with E-state index in [9.17, 15) is 9.18 Å². The first-order valence-corrected chi connectivity index (χ1v) is 5.86. The van der Waals surface area contributed by atoms with Gasteiger partial charge in [0.05, 0.1) is 19.3 Å². The normalized spacial score (nSPS) is 10.1. The van der Waals surface area contributed by atoms with E-state index in [-0.39, 0.29) is 5.56 Å². The molecule has 1 rings (SSSR count). The highest BCUT2D eigenvalue weighted by Gasteiger charge is 2.18. The zero-order valence-electron chi connectivity index (χ0n) is 11.2. The lowest BCUT2D eigenvalue weighted by atomic mass is 10.1. The van der Waals surface area contributed by atoms with Crippen LogP contribution in [0.25, 0.3) is 0 Å². The van der Waals surface area contributed by atoms with Crippen molar-refractivity contribution in [2.45, 2.75) is 0 Å². The van der Waals surface area contributed by atoms with Crippen molar-refractivity contribution in [1.29, 1.82) is 0 Å². The molecular weight excluding hydrogens is 249 g/mol. The van der Waals surface area contributed by atoms with Gasteiger partial charge in [-0.2, -0.15) is 0 Å². The number of benzene rings is 1. The predicted molar refractivity (Wildman–Crippen MR) is 70.9 cm³/mol. The van der Waals surface area contributed by atoms with Crippen LogP contribution >= 0.6 is 0 Å². The number of halogens is 1. The Kier molecular flexibility index (Phi) is 6.02. The van der Waals surface area contributed by atoms with Crippen molar-refractivity contribution in [3.8, 4) is 5.75 Å². The number of ether oxygens (including phenoxy) is 2. The third-order valence-electron chi connectivity index (χ3n) is 2.61. The van der Waals surface area contributed by atoms with Gasteiger partial charge in [-0.15, -0.1) is 6.58 Å². The van der Waals surface area contributed by atoms with Crippen molar-refractivity contribution in [1.82, 2.24) is 4.90 Å². The van der Waals surface area contributed by atoms with Gasteiger partial charge in [0.15, 0.2) is 0 Å². The fraction of sp³-hybridized carbons (Fsp3) is 0.357. The van der Waals surface area contributed by atoms with E-state index in [2.05, 4.69) is 6.58 Å². The molecule has 0 aliphatic heterocycles. The van der Waals surface area contributed by atoms with Gasteiger partial charge in [-0.3, -0.25) is 4.79 Å². The standard InChI is InChI=1S/C14H18FNO3/c1-4-7-16(8-9-18-2)14(17)12-6-5-11(19-3)10-13(12)15/h4-6,10H,1,7-9H2,2-3H3. The highest BCUT2D eigenvalue weighted by molar-refractivity contribution is 5.94. The van der Waals surface area contributed by atoms with Crippen molar-refractivity contribution in [2.24, 2.45) is 0 Å². The molecule has 0 radical (unpaired) electrons. The Morgan fingerprint density at radius 1 is 1.47 bits per heavy atom. The third kappa shape index (κ3) is 4.06. The molecule has 0 spiro atoms. The number of carbonyl (C=O) groups is 1. The molecule has 1 amide bonds. The minimum Gasteiger partial charge on any atom is -0.497 e. The minimum atomic E-state index is -0.601. The van der Waals surface area contributed by atoms with Gasteiger partial charge in [-0.25, -0.2) is 4.39 Å². The molecule has 0 aliphatic carbocycles. The van der Waals surface area contributed by atoms with Crippen molar-refractivity contribution in [3.05, 3.63) is 42.2 Å². The smallest absolute Gasteiger partial charge is 0.257 e. The maximum Gasteiger partial charge on any atom is 0.257 e. The summed E-state index contributed by atoms with van der Waals surface area (Å²) in [6.07, 6.45) is 1.59. The molecule has 0 atom stereocenters. The first kappa shape index (κ1) is 15.2. The molecule has 0 aromatic heterocycles. The fourth-order valence-electron chi connectivity index (χ4n) is 1.60. The Hall–Kier alpha value is -1.88. The second-order valence-electron chi connectivity index (χ2n) is 3.88. The van der Waals surface area contributed by atoms with Crippen molar-refractivity contribution >= 4 is 5.91 Å². The van der Waals surface area contributed by atoms with Crippen LogP contribution < -0.4 is 4.74 Å².